The van der Waals surface area contributed by atoms with Crippen molar-refractivity contribution in [3.8, 4) is 0 Å². The predicted molar refractivity (Wildman–Crippen MR) is 74.1 cm³/mol. The van der Waals surface area contributed by atoms with E-state index < -0.39 is 0 Å². The van der Waals surface area contributed by atoms with E-state index in [1.807, 2.05) is 18.2 Å². The summed E-state index contributed by atoms with van der Waals surface area (Å²) in [5.74, 6) is 0. The second-order valence-electron chi connectivity index (χ2n) is 4.44. The summed E-state index contributed by atoms with van der Waals surface area (Å²) in [4.78, 5) is 0. The summed E-state index contributed by atoms with van der Waals surface area (Å²) in [5, 5.41) is 3.43. The Morgan fingerprint density at radius 1 is 1.06 bits per heavy atom. The van der Waals surface area contributed by atoms with Crippen LogP contribution in [0, 0.1) is 20.8 Å². The highest BCUT2D eigenvalue weighted by molar-refractivity contribution is 5.53. The predicted octanol–water partition coefficient (Wildman–Crippen LogP) is 4.10. The van der Waals surface area contributed by atoms with E-state index in [2.05, 4.69) is 50.4 Å². The van der Waals surface area contributed by atoms with E-state index in [0.29, 0.717) is 0 Å². The van der Waals surface area contributed by atoms with Crippen LogP contribution >= 0.6 is 0 Å². The summed E-state index contributed by atoms with van der Waals surface area (Å²) in [6.45, 7) is 9.13. The summed E-state index contributed by atoms with van der Waals surface area (Å²) in [6.07, 6.45) is 0. The lowest BCUT2D eigenvalue weighted by Crippen LogP contribution is -2.02. The lowest BCUT2D eigenvalue weighted by atomic mass is 10.1. The third kappa shape index (κ3) is 2.88. The summed E-state index contributed by atoms with van der Waals surface area (Å²) in [6, 6.07) is 14.7. The molecule has 1 radical (unpaired) electrons. The highest BCUT2D eigenvalue weighted by atomic mass is 14.9. The molecule has 0 aliphatic heterocycles. The zero-order valence-electron chi connectivity index (χ0n) is 10.5. The van der Waals surface area contributed by atoms with Crippen molar-refractivity contribution in [2.45, 2.75) is 20.4 Å². The van der Waals surface area contributed by atoms with Crippen LogP contribution in [0.15, 0.2) is 42.5 Å². The molecule has 17 heavy (non-hydrogen) atoms. The molecule has 0 saturated carbocycles. The van der Waals surface area contributed by atoms with E-state index >= 15 is 0 Å². The fourth-order valence-corrected chi connectivity index (χ4v) is 1.87. The number of hydrogen-bond donors (Lipinski definition) is 1. The summed E-state index contributed by atoms with van der Waals surface area (Å²) in [7, 11) is 0. The number of benzene rings is 2. The second kappa shape index (κ2) is 5.05. The summed E-state index contributed by atoms with van der Waals surface area (Å²) >= 11 is 0. The number of aryl methyl sites for hydroxylation is 2. The van der Waals surface area contributed by atoms with E-state index in [4.69, 9.17) is 0 Å². The number of hydrogen-bond acceptors (Lipinski definition) is 1. The van der Waals surface area contributed by atoms with Crippen LogP contribution in [-0.4, -0.2) is 0 Å². The largest absolute Gasteiger partial charge is 0.381 e. The van der Waals surface area contributed by atoms with Crippen molar-refractivity contribution in [3.05, 3.63) is 71.6 Å². The standard InChI is InChI=1S/C16H18N/c1-12-8-9-13(2)15(10-12)11-17-16-7-5-4-6-14(16)3/h4-10,17H,3,11H2,1-2H3. The van der Waals surface area contributed by atoms with Crippen molar-refractivity contribution in [3.63, 3.8) is 0 Å². The number of anilines is 1. The van der Waals surface area contributed by atoms with Crippen LogP contribution in [-0.2, 0) is 6.54 Å². The van der Waals surface area contributed by atoms with Gasteiger partial charge in [-0.15, -0.1) is 0 Å². The Morgan fingerprint density at radius 2 is 1.82 bits per heavy atom. The molecule has 2 aromatic rings. The highest BCUT2D eigenvalue weighted by Crippen LogP contribution is 2.16. The number of para-hydroxylation sites is 1. The topological polar surface area (TPSA) is 12.0 Å². The maximum atomic E-state index is 4.01. The lowest BCUT2D eigenvalue weighted by Gasteiger charge is -2.11. The maximum absolute atomic E-state index is 4.01. The van der Waals surface area contributed by atoms with Crippen LogP contribution in [0.3, 0.4) is 0 Å². The van der Waals surface area contributed by atoms with E-state index in [1.54, 1.807) is 0 Å². The third-order valence-electron chi connectivity index (χ3n) is 2.99. The molecule has 0 bridgehead atoms. The first-order valence-electron chi connectivity index (χ1n) is 5.88. The van der Waals surface area contributed by atoms with Crippen LogP contribution < -0.4 is 5.32 Å². The molecule has 1 N–H and O–H groups in total. The normalized spacial score (nSPS) is 10.3. The Morgan fingerprint density at radius 3 is 2.59 bits per heavy atom. The minimum Gasteiger partial charge on any atom is -0.381 e. The fraction of sp³-hybridized carbons (Fsp3) is 0.188. The quantitative estimate of drug-likeness (QED) is 0.827. The zero-order valence-corrected chi connectivity index (χ0v) is 10.5. The van der Waals surface area contributed by atoms with Gasteiger partial charge >= 0.3 is 0 Å². The molecular formula is C16H18N. The van der Waals surface area contributed by atoms with Gasteiger partial charge in [0, 0.05) is 12.2 Å². The third-order valence-corrected chi connectivity index (χ3v) is 2.99. The molecule has 87 valence electrons. The molecule has 0 atom stereocenters. The molecule has 0 saturated heterocycles. The van der Waals surface area contributed by atoms with Gasteiger partial charge in [-0.05, 0) is 43.5 Å². The van der Waals surface area contributed by atoms with Crippen LogP contribution in [0.25, 0.3) is 0 Å². The fourth-order valence-electron chi connectivity index (χ4n) is 1.87. The van der Waals surface area contributed by atoms with Crippen molar-refractivity contribution < 1.29 is 0 Å². The zero-order chi connectivity index (χ0) is 12.3. The van der Waals surface area contributed by atoms with Gasteiger partial charge in [0.1, 0.15) is 0 Å². The molecule has 0 aliphatic carbocycles. The Hall–Kier alpha value is -1.76. The van der Waals surface area contributed by atoms with E-state index in [0.717, 1.165) is 17.8 Å². The SMILES string of the molecule is [CH2]c1ccccc1NCc1cc(C)ccc1C. The average Bonchev–Trinajstić information content (AvgIpc) is 2.32. The first-order chi connectivity index (χ1) is 8.16. The van der Waals surface area contributed by atoms with E-state index in [1.165, 1.54) is 16.7 Å². The van der Waals surface area contributed by atoms with Gasteiger partial charge in [-0.3, -0.25) is 0 Å². The highest BCUT2D eigenvalue weighted by Gasteiger charge is 2.00. The van der Waals surface area contributed by atoms with Crippen LogP contribution in [0.5, 0.6) is 0 Å². The molecule has 1 nitrogen and oxygen atoms in total. The second-order valence-corrected chi connectivity index (χ2v) is 4.44. The minimum absolute atomic E-state index is 0.847. The molecule has 0 unspecified atom stereocenters. The van der Waals surface area contributed by atoms with Crippen LogP contribution in [0.2, 0.25) is 0 Å². The van der Waals surface area contributed by atoms with Gasteiger partial charge < -0.3 is 5.32 Å². The van der Waals surface area contributed by atoms with Crippen molar-refractivity contribution in [1.29, 1.82) is 0 Å². The monoisotopic (exact) mass is 224 g/mol. The number of rotatable bonds is 3. The number of nitrogens with one attached hydrogen (secondary N) is 1. The Labute approximate surface area is 103 Å². The van der Waals surface area contributed by atoms with Crippen LogP contribution in [0.1, 0.15) is 22.3 Å². The van der Waals surface area contributed by atoms with Crippen LogP contribution in [0.4, 0.5) is 5.69 Å². The van der Waals surface area contributed by atoms with Gasteiger partial charge in [-0.1, -0.05) is 42.0 Å². The van der Waals surface area contributed by atoms with Crippen molar-refractivity contribution in [2.24, 2.45) is 0 Å². The summed E-state index contributed by atoms with van der Waals surface area (Å²) in [5.41, 5.74) is 6.11. The molecule has 2 aromatic carbocycles. The molecule has 0 aliphatic rings. The van der Waals surface area contributed by atoms with Crippen molar-refractivity contribution in [1.82, 2.24) is 0 Å². The molecule has 0 aromatic heterocycles. The molecule has 2 rings (SSSR count). The molecular weight excluding hydrogens is 206 g/mol. The van der Waals surface area contributed by atoms with Gasteiger partial charge in [0.15, 0.2) is 0 Å². The van der Waals surface area contributed by atoms with E-state index in [9.17, 15) is 0 Å². The molecule has 0 spiro atoms. The first-order valence-corrected chi connectivity index (χ1v) is 5.88. The van der Waals surface area contributed by atoms with E-state index in [-0.39, 0.29) is 0 Å². The Balaban J connectivity index is 2.12. The molecule has 0 amide bonds. The van der Waals surface area contributed by atoms with Gasteiger partial charge in [-0.2, -0.15) is 0 Å². The van der Waals surface area contributed by atoms with Gasteiger partial charge in [0.25, 0.3) is 0 Å². The van der Waals surface area contributed by atoms with Crippen molar-refractivity contribution >= 4 is 5.69 Å². The minimum atomic E-state index is 0.847. The average molecular weight is 224 g/mol. The molecule has 0 heterocycles. The Bertz CT molecular complexity index is 515. The van der Waals surface area contributed by atoms with Gasteiger partial charge in [0.2, 0.25) is 0 Å². The van der Waals surface area contributed by atoms with Crippen molar-refractivity contribution in [2.75, 3.05) is 5.32 Å². The lowest BCUT2D eigenvalue weighted by molar-refractivity contribution is 1.11. The Kier molecular flexibility index (Phi) is 3.48. The molecule has 1 heteroatoms. The maximum Gasteiger partial charge on any atom is 0.0403 e. The van der Waals surface area contributed by atoms with Gasteiger partial charge in [-0.25, -0.2) is 0 Å². The molecule has 0 fully saturated rings. The summed E-state index contributed by atoms with van der Waals surface area (Å²) < 4.78 is 0. The van der Waals surface area contributed by atoms with Gasteiger partial charge in [0.05, 0.1) is 0 Å². The smallest absolute Gasteiger partial charge is 0.0403 e. The first kappa shape index (κ1) is 11.7.